The van der Waals surface area contributed by atoms with Crippen molar-refractivity contribution in [1.29, 1.82) is 0 Å². The van der Waals surface area contributed by atoms with E-state index in [-0.39, 0.29) is 11.8 Å². The lowest BCUT2D eigenvalue weighted by Gasteiger charge is -2.08. The van der Waals surface area contributed by atoms with Gasteiger partial charge in [-0.25, -0.2) is 18.2 Å². The van der Waals surface area contributed by atoms with Gasteiger partial charge < -0.3 is 10.6 Å². The normalized spacial score (nSPS) is 10.3. The molecule has 2 N–H and O–H groups in total. The smallest absolute Gasteiger partial charge is 0.329 e. The van der Waals surface area contributed by atoms with Crippen LogP contribution in [0.3, 0.4) is 0 Å². The Bertz CT molecular complexity index is 710. The van der Waals surface area contributed by atoms with Gasteiger partial charge in [0.15, 0.2) is 11.6 Å². The van der Waals surface area contributed by atoms with Crippen LogP contribution in [-0.2, 0) is 0 Å². The Morgan fingerprint density at radius 3 is 2.48 bits per heavy atom. The average molecular weight is 299 g/mol. The molecule has 0 aliphatic carbocycles. The van der Waals surface area contributed by atoms with E-state index in [0.29, 0.717) is 12.1 Å². The highest BCUT2D eigenvalue weighted by atomic mass is 19.2. The van der Waals surface area contributed by atoms with Crippen LogP contribution in [0.15, 0.2) is 18.3 Å². The number of nitro groups is 1. The van der Waals surface area contributed by atoms with Crippen LogP contribution in [0.2, 0.25) is 0 Å². The molecule has 21 heavy (non-hydrogen) atoms. The molecule has 2 aromatic rings. The zero-order valence-corrected chi connectivity index (χ0v) is 10.5. The summed E-state index contributed by atoms with van der Waals surface area (Å²) in [6.07, 6.45) is 0.902. The minimum atomic E-state index is -1.37. The minimum Gasteiger partial charge on any atom is -0.357 e. The van der Waals surface area contributed by atoms with Crippen molar-refractivity contribution in [3.8, 4) is 0 Å². The van der Waals surface area contributed by atoms with Crippen molar-refractivity contribution in [3.63, 3.8) is 0 Å². The standard InChI is InChI=1S/C11H8F3N5O2/c1-15-11-16-4-9(19(20)21)10(18-11)17-8-3-6(13)5(12)2-7(8)14/h2-4H,1H3,(H2,15,16,17,18). The van der Waals surface area contributed by atoms with Gasteiger partial charge in [0.2, 0.25) is 11.8 Å². The lowest BCUT2D eigenvalue weighted by Crippen LogP contribution is -2.05. The molecule has 7 nitrogen and oxygen atoms in total. The molecule has 0 radical (unpaired) electrons. The molecule has 0 aliphatic rings. The second-order valence-corrected chi connectivity index (χ2v) is 3.81. The quantitative estimate of drug-likeness (QED) is 0.512. The van der Waals surface area contributed by atoms with E-state index in [1.807, 2.05) is 0 Å². The highest BCUT2D eigenvalue weighted by Gasteiger charge is 2.19. The van der Waals surface area contributed by atoms with Gasteiger partial charge >= 0.3 is 5.69 Å². The second-order valence-electron chi connectivity index (χ2n) is 3.81. The summed E-state index contributed by atoms with van der Waals surface area (Å²) in [5.74, 6) is -4.11. The van der Waals surface area contributed by atoms with E-state index >= 15 is 0 Å². The number of hydrogen-bond acceptors (Lipinski definition) is 6. The molecule has 110 valence electrons. The van der Waals surface area contributed by atoms with Gasteiger partial charge in [-0.15, -0.1) is 0 Å². The van der Waals surface area contributed by atoms with Crippen LogP contribution in [0.5, 0.6) is 0 Å². The Morgan fingerprint density at radius 1 is 1.19 bits per heavy atom. The molecule has 0 aliphatic heterocycles. The summed E-state index contributed by atoms with van der Waals surface area (Å²) in [7, 11) is 1.48. The first-order chi connectivity index (χ1) is 9.92. The van der Waals surface area contributed by atoms with Crippen molar-refractivity contribution < 1.29 is 18.1 Å². The van der Waals surface area contributed by atoms with Crippen LogP contribution in [0.25, 0.3) is 0 Å². The van der Waals surface area contributed by atoms with Crippen LogP contribution in [-0.4, -0.2) is 21.9 Å². The maximum Gasteiger partial charge on any atom is 0.329 e. The predicted octanol–water partition coefficient (Wildman–Crippen LogP) is 2.59. The Labute approximate surface area is 116 Å². The molecule has 0 saturated carbocycles. The summed E-state index contributed by atoms with van der Waals surface area (Å²) in [6, 6.07) is 0.860. The van der Waals surface area contributed by atoms with E-state index in [2.05, 4.69) is 20.6 Å². The molecule has 10 heteroatoms. The summed E-state index contributed by atoms with van der Waals surface area (Å²) in [4.78, 5) is 17.4. The number of halogens is 3. The summed E-state index contributed by atoms with van der Waals surface area (Å²) in [5, 5.41) is 15.6. The van der Waals surface area contributed by atoms with Gasteiger partial charge in [-0.05, 0) is 0 Å². The Hall–Kier alpha value is -2.91. The molecule has 0 amide bonds. The lowest BCUT2D eigenvalue weighted by molar-refractivity contribution is -0.384. The van der Waals surface area contributed by atoms with E-state index in [1.165, 1.54) is 7.05 Å². The summed E-state index contributed by atoms with van der Waals surface area (Å²) in [5.41, 5.74) is -1.03. The number of aromatic nitrogens is 2. The minimum absolute atomic E-state index is 0.0334. The predicted molar refractivity (Wildman–Crippen MR) is 67.8 cm³/mol. The molecule has 1 aromatic carbocycles. The van der Waals surface area contributed by atoms with Gasteiger partial charge in [0.1, 0.15) is 12.0 Å². The van der Waals surface area contributed by atoms with Crippen LogP contribution >= 0.6 is 0 Å². The van der Waals surface area contributed by atoms with Crippen LogP contribution in [0.1, 0.15) is 0 Å². The van der Waals surface area contributed by atoms with Crippen LogP contribution < -0.4 is 10.6 Å². The van der Waals surface area contributed by atoms with Gasteiger partial charge in [0, 0.05) is 19.2 Å². The molecule has 0 saturated heterocycles. The molecule has 0 spiro atoms. The van der Waals surface area contributed by atoms with E-state index < -0.39 is 33.7 Å². The Balaban J connectivity index is 2.47. The van der Waals surface area contributed by atoms with Crippen molar-refractivity contribution in [2.75, 3.05) is 17.7 Å². The number of hydrogen-bond donors (Lipinski definition) is 2. The number of benzene rings is 1. The van der Waals surface area contributed by atoms with Gasteiger partial charge in [0.25, 0.3) is 0 Å². The average Bonchev–Trinajstić information content (AvgIpc) is 2.44. The van der Waals surface area contributed by atoms with E-state index in [9.17, 15) is 23.3 Å². The molecule has 2 rings (SSSR count). The highest BCUT2D eigenvalue weighted by Crippen LogP contribution is 2.28. The van der Waals surface area contributed by atoms with Crippen molar-refractivity contribution in [2.24, 2.45) is 0 Å². The fraction of sp³-hybridized carbons (Fsp3) is 0.0909. The van der Waals surface area contributed by atoms with E-state index in [1.54, 1.807) is 0 Å². The zero-order valence-electron chi connectivity index (χ0n) is 10.5. The van der Waals surface area contributed by atoms with Crippen LogP contribution in [0.4, 0.5) is 36.3 Å². The topological polar surface area (TPSA) is 93.0 Å². The first kappa shape index (κ1) is 14.5. The van der Waals surface area contributed by atoms with E-state index in [0.717, 1.165) is 6.20 Å². The van der Waals surface area contributed by atoms with Crippen molar-refractivity contribution in [2.45, 2.75) is 0 Å². The van der Waals surface area contributed by atoms with Gasteiger partial charge in [-0.1, -0.05) is 0 Å². The van der Waals surface area contributed by atoms with Crippen molar-refractivity contribution >= 4 is 23.1 Å². The van der Waals surface area contributed by atoms with Gasteiger partial charge in [-0.3, -0.25) is 10.1 Å². The second kappa shape index (κ2) is 5.61. The number of nitrogens with one attached hydrogen (secondary N) is 2. The van der Waals surface area contributed by atoms with Gasteiger partial charge in [-0.2, -0.15) is 4.98 Å². The molecule has 0 atom stereocenters. The zero-order chi connectivity index (χ0) is 15.6. The fourth-order valence-corrected chi connectivity index (χ4v) is 1.47. The summed E-state index contributed by atoms with van der Waals surface area (Å²) in [6.45, 7) is 0. The maximum atomic E-state index is 13.5. The van der Waals surface area contributed by atoms with Crippen molar-refractivity contribution in [1.82, 2.24) is 9.97 Å². The van der Waals surface area contributed by atoms with E-state index in [4.69, 9.17) is 0 Å². The largest absolute Gasteiger partial charge is 0.357 e. The third-order valence-electron chi connectivity index (χ3n) is 2.45. The molecule has 0 fully saturated rings. The number of rotatable bonds is 4. The third-order valence-corrected chi connectivity index (χ3v) is 2.45. The molecule has 1 aromatic heterocycles. The Kier molecular flexibility index (Phi) is 3.87. The maximum absolute atomic E-state index is 13.5. The summed E-state index contributed by atoms with van der Waals surface area (Å²) >= 11 is 0. The number of nitrogens with zero attached hydrogens (tertiary/aromatic N) is 3. The monoisotopic (exact) mass is 299 g/mol. The van der Waals surface area contributed by atoms with Crippen LogP contribution in [0, 0.1) is 27.6 Å². The summed E-state index contributed by atoms with van der Waals surface area (Å²) < 4.78 is 39.5. The fourth-order valence-electron chi connectivity index (χ4n) is 1.47. The first-order valence-corrected chi connectivity index (χ1v) is 5.53. The molecule has 0 unspecified atom stereocenters. The SMILES string of the molecule is CNc1ncc([N+](=O)[O-])c(Nc2cc(F)c(F)cc2F)n1. The molecular weight excluding hydrogens is 291 g/mol. The lowest BCUT2D eigenvalue weighted by atomic mass is 10.2. The van der Waals surface area contributed by atoms with Crippen molar-refractivity contribution in [3.05, 3.63) is 45.9 Å². The first-order valence-electron chi connectivity index (χ1n) is 5.53. The Morgan fingerprint density at radius 2 is 1.86 bits per heavy atom. The molecule has 0 bridgehead atoms. The number of anilines is 3. The highest BCUT2D eigenvalue weighted by molar-refractivity contribution is 5.66. The van der Waals surface area contributed by atoms with Gasteiger partial charge in [0.05, 0.1) is 10.6 Å². The third kappa shape index (κ3) is 2.99. The molecule has 1 heterocycles. The molecular formula is C11H8F3N5O2.